The van der Waals surface area contributed by atoms with Crippen LogP contribution in [0.5, 0.6) is 5.75 Å². The van der Waals surface area contributed by atoms with Crippen molar-refractivity contribution in [1.29, 1.82) is 0 Å². The Hall–Kier alpha value is -2.85. The Balaban J connectivity index is 1.59. The van der Waals surface area contributed by atoms with Gasteiger partial charge in [0, 0.05) is 16.1 Å². The van der Waals surface area contributed by atoms with Gasteiger partial charge in [-0.05, 0) is 41.5 Å². The molecular formula is C26H29ClN2O2. The molecule has 4 nitrogen and oxygen atoms in total. The van der Waals surface area contributed by atoms with Gasteiger partial charge in [0.25, 0.3) is 5.91 Å². The van der Waals surface area contributed by atoms with E-state index < -0.39 is 0 Å². The lowest BCUT2D eigenvalue weighted by Gasteiger charge is -2.10. The van der Waals surface area contributed by atoms with Crippen LogP contribution in [0.15, 0.2) is 65.8 Å². The number of carbonyl (C=O) groups excluding carboxylic acids is 1. The molecule has 162 valence electrons. The maximum Gasteiger partial charge on any atom is 0.271 e. The SMILES string of the molecule is CCCCCCCCOc1ccc(Cl)cc1/C=N/NC(=O)c1cccc2ccccc12. The molecule has 0 saturated carbocycles. The lowest BCUT2D eigenvalue weighted by Crippen LogP contribution is -2.18. The van der Waals surface area contributed by atoms with Crippen LogP contribution in [0.4, 0.5) is 0 Å². The monoisotopic (exact) mass is 436 g/mol. The largest absolute Gasteiger partial charge is 0.493 e. The number of nitrogens with zero attached hydrogens (tertiary/aromatic N) is 1. The number of halogens is 1. The Morgan fingerprint density at radius 3 is 2.65 bits per heavy atom. The highest BCUT2D eigenvalue weighted by atomic mass is 35.5. The normalized spacial score (nSPS) is 11.2. The van der Waals surface area contributed by atoms with Crippen LogP contribution < -0.4 is 10.2 Å². The summed E-state index contributed by atoms with van der Waals surface area (Å²) in [6.07, 6.45) is 8.83. The number of unbranched alkanes of at least 4 members (excludes halogenated alkanes) is 5. The Morgan fingerprint density at radius 1 is 1.00 bits per heavy atom. The highest BCUT2D eigenvalue weighted by molar-refractivity contribution is 6.30. The molecule has 0 aliphatic rings. The van der Waals surface area contributed by atoms with Gasteiger partial charge in [-0.25, -0.2) is 5.43 Å². The highest BCUT2D eigenvalue weighted by Crippen LogP contribution is 2.22. The van der Waals surface area contributed by atoms with E-state index in [0.717, 1.165) is 29.2 Å². The molecule has 0 atom stereocenters. The average Bonchev–Trinajstić information content (AvgIpc) is 2.79. The molecule has 1 amide bonds. The van der Waals surface area contributed by atoms with E-state index in [1.165, 1.54) is 25.7 Å². The van der Waals surface area contributed by atoms with Crippen molar-refractivity contribution in [3.8, 4) is 5.75 Å². The first kappa shape index (κ1) is 22.8. The Kier molecular flexibility index (Phi) is 8.92. The average molecular weight is 437 g/mol. The van der Waals surface area contributed by atoms with Gasteiger partial charge in [0.2, 0.25) is 0 Å². The van der Waals surface area contributed by atoms with E-state index in [4.69, 9.17) is 16.3 Å². The lowest BCUT2D eigenvalue weighted by molar-refractivity contribution is 0.0957. The number of hydrogen-bond acceptors (Lipinski definition) is 3. The second kappa shape index (κ2) is 12.1. The second-order valence-electron chi connectivity index (χ2n) is 7.52. The van der Waals surface area contributed by atoms with Crippen molar-refractivity contribution < 1.29 is 9.53 Å². The standard InChI is InChI=1S/C26H29ClN2O2/c1-2-3-4-5-6-9-17-31-25-16-15-22(27)18-21(25)19-28-29-26(30)24-14-10-12-20-11-7-8-13-23(20)24/h7-8,10-16,18-19H,2-6,9,17H2,1H3,(H,29,30)/b28-19+. The molecule has 0 saturated heterocycles. The van der Waals surface area contributed by atoms with E-state index in [-0.39, 0.29) is 5.91 Å². The van der Waals surface area contributed by atoms with Crippen LogP contribution in [0.1, 0.15) is 61.4 Å². The quantitative estimate of drug-likeness (QED) is 0.200. The summed E-state index contributed by atoms with van der Waals surface area (Å²) in [5.41, 5.74) is 3.93. The molecule has 31 heavy (non-hydrogen) atoms. The first-order valence-electron chi connectivity index (χ1n) is 10.9. The minimum Gasteiger partial charge on any atom is -0.493 e. The summed E-state index contributed by atoms with van der Waals surface area (Å²) in [5.74, 6) is 0.450. The molecule has 0 aliphatic carbocycles. The summed E-state index contributed by atoms with van der Waals surface area (Å²) in [6, 6.07) is 18.8. The fourth-order valence-electron chi connectivity index (χ4n) is 3.46. The van der Waals surface area contributed by atoms with E-state index in [9.17, 15) is 4.79 Å². The van der Waals surface area contributed by atoms with Gasteiger partial charge in [0.15, 0.2) is 0 Å². The van der Waals surface area contributed by atoms with Crippen LogP contribution in [0, 0.1) is 0 Å². The van der Waals surface area contributed by atoms with E-state index in [1.54, 1.807) is 24.4 Å². The van der Waals surface area contributed by atoms with Crippen molar-refractivity contribution in [3.05, 3.63) is 76.8 Å². The fourth-order valence-corrected chi connectivity index (χ4v) is 3.64. The van der Waals surface area contributed by atoms with E-state index >= 15 is 0 Å². The topological polar surface area (TPSA) is 50.7 Å². The third-order valence-corrected chi connectivity index (χ3v) is 5.37. The third-order valence-electron chi connectivity index (χ3n) is 5.13. The van der Waals surface area contributed by atoms with Crippen molar-refractivity contribution >= 4 is 34.5 Å². The van der Waals surface area contributed by atoms with Crippen LogP contribution in [-0.2, 0) is 0 Å². The molecule has 0 fully saturated rings. The van der Waals surface area contributed by atoms with Crippen molar-refractivity contribution in [2.24, 2.45) is 5.10 Å². The number of ether oxygens (including phenoxy) is 1. The number of amides is 1. The smallest absolute Gasteiger partial charge is 0.271 e. The third kappa shape index (κ3) is 6.83. The highest BCUT2D eigenvalue weighted by Gasteiger charge is 2.09. The first-order valence-corrected chi connectivity index (χ1v) is 11.3. The molecule has 3 aromatic carbocycles. The summed E-state index contributed by atoms with van der Waals surface area (Å²) in [7, 11) is 0. The van der Waals surface area contributed by atoms with Gasteiger partial charge < -0.3 is 4.74 Å². The molecule has 3 aromatic rings. The number of benzene rings is 3. The van der Waals surface area contributed by atoms with Gasteiger partial charge >= 0.3 is 0 Å². The molecular weight excluding hydrogens is 408 g/mol. The minimum atomic E-state index is -0.260. The van der Waals surface area contributed by atoms with Gasteiger partial charge in [-0.3, -0.25) is 4.79 Å². The Morgan fingerprint density at radius 2 is 1.77 bits per heavy atom. The van der Waals surface area contributed by atoms with Gasteiger partial charge in [-0.15, -0.1) is 0 Å². The zero-order chi connectivity index (χ0) is 21.9. The summed E-state index contributed by atoms with van der Waals surface area (Å²) in [5, 5.41) is 6.64. The molecule has 3 rings (SSSR count). The van der Waals surface area contributed by atoms with Gasteiger partial charge in [0.05, 0.1) is 12.8 Å². The van der Waals surface area contributed by atoms with Crippen LogP contribution in [0.2, 0.25) is 5.02 Å². The number of hydrazone groups is 1. The van der Waals surface area contributed by atoms with Gasteiger partial charge in [-0.1, -0.05) is 87.0 Å². The first-order chi connectivity index (χ1) is 15.2. The fraction of sp³-hybridized carbons (Fsp3) is 0.308. The molecule has 1 N–H and O–H groups in total. The van der Waals surface area contributed by atoms with E-state index in [1.807, 2.05) is 42.5 Å². The molecule has 0 radical (unpaired) electrons. The molecule has 0 heterocycles. The van der Waals surface area contributed by atoms with Gasteiger partial charge in [-0.2, -0.15) is 5.10 Å². The number of rotatable bonds is 11. The van der Waals surface area contributed by atoms with Gasteiger partial charge in [0.1, 0.15) is 5.75 Å². The van der Waals surface area contributed by atoms with Crippen molar-refractivity contribution in [2.45, 2.75) is 45.4 Å². The van der Waals surface area contributed by atoms with Crippen LogP contribution in [-0.4, -0.2) is 18.7 Å². The van der Waals surface area contributed by atoms with Crippen LogP contribution >= 0.6 is 11.6 Å². The van der Waals surface area contributed by atoms with Crippen LogP contribution in [0.25, 0.3) is 10.8 Å². The van der Waals surface area contributed by atoms with E-state index in [0.29, 0.717) is 22.9 Å². The molecule has 0 unspecified atom stereocenters. The number of carbonyl (C=O) groups is 1. The summed E-state index contributed by atoms with van der Waals surface area (Å²) in [6.45, 7) is 2.87. The number of nitrogens with one attached hydrogen (secondary N) is 1. The number of hydrogen-bond donors (Lipinski definition) is 1. The van der Waals surface area contributed by atoms with Crippen molar-refractivity contribution in [2.75, 3.05) is 6.61 Å². The summed E-state index contributed by atoms with van der Waals surface area (Å²) in [4.78, 5) is 12.6. The number of fused-ring (bicyclic) bond motifs is 1. The Labute approximate surface area is 189 Å². The van der Waals surface area contributed by atoms with Crippen molar-refractivity contribution in [3.63, 3.8) is 0 Å². The maximum absolute atomic E-state index is 12.6. The predicted octanol–water partition coefficient (Wildman–Crippen LogP) is 7.00. The molecule has 5 heteroatoms. The zero-order valence-electron chi connectivity index (χ0n) is 17.9. The lowest BCUT2D eigenvalue weighted by atomic mass is 10.0. The summed E-state index contributed by atoms with van der Waals surface area (Å²) < 4.78 is 5.94. The molecule has 0 spiro atoms. The molecule has 0 aromatic heterocycles. The molecule has 0 bridgehead atoms. The Bertz CT molecular complexity index is 1030. The van der Waals surface area contributed by atoms with E-state index in [2.05, 4.69) is 17.5 Å². The maximum atomic E-state index is 12.6. The minimum absolute atomic E-state index is 0.260. The van der Waals surface area contributed by atoms with Crippen LogP contribution in [0.3, 0.4) is 0 Å². The zero-order valence-corrected chi connectivity index (χ0v) is 18.7. The summed E-state index contributed by atoms with van der Waals surface area (Å²) >= 11 is 6.15. The van der Waals surface area contributed by atoms with Crippen molar-refractivity contribution in [1.82, 2.24) is 5.43 Å². The predicted molar refractivity (Wildman–Crippen MR) is 129 cm³/mol. The molecule has 0 aliphatic heterocycles. The second-order valence-corrected chi connectivity index (χ2v) is 7.96.